The number of benzene rings is 1. The lowest BCUT2D eigenvalue weighted by Gasteiger charge is -2.11. The Morgan fingerprint density at radius 3 is 2.35 bits per heavy atom. The van der Waals surface area contributed by atoms with Crippen molar-refractivity contribution < 1.29 is 14.3 Å². The predicted molar refractivity (Wildman–Crippen MR) is 87.5 cm³/mol. The first-order valence-corrected chi connectivity index (χ1v) is 7.17. The van der Waals surface area contributed by atoms with Gasteiger partial charge in [-0.3, -0.25) is 4.79 Å². The fourth-order valence-corrected chi connectivity index (χ4v) is 1.92. The Labute approximate surface area is 135 Å². The third-order valence-electron chi connectivity index (χ3n) is 2.97. The minimum Gasteiger partial charge on any atom is -0.493 e. The molecule has 0 unspecified atom stereocenters. The molecule has 7 heteroatoms. The summed E-state index contributed by atoms with van der Waals surface area (Å²) in [4.78, 5) is 11.8. The maximum absolute atomic E-state index is 11.8. The van der Waals surface area contributed by atoms with Gasteiger partial charge in [-0.15, -0.1) is 10.2 Å². The summed E-state index contributed by atoms with van der Waals surface area (Å²) in [7, 11) is 3.15. The van der Waals surface area contributed by atoms with Gasteiger partial charge in [-0.2, -0.15) is 0 Å². The summed E-state index contributed by atoms with van der Waals surface area (Å²) < 4.78 is 10.4. The van der Waals surface area contributed by atoms with Crippen molar-refractivity contribution in [1.82, 2.24) is 15.5 Å². The molecule has 0 bridgehead atoms. The van der Waals surface area contributed by atoms with Crippen LogP contribution >= 0.6 is 0 Å². The van der Waals surface area contributed by atoms with Crippen LogP contribution in [0.5, 0.6) is 11.5 Å². The average molecular weight is 316 g/mol. The molecule has 1 aromatic carbocycles. The monoisotopic (exact) mass is 316 g/mol. The van der Waals surface area contributed by atoms with E-state index >= 15 is 0 Å². The highest BCUT2D eigenvalue weighted by Crippen LogP contribution is 2.30. The van der Waals surface area contributed by atoms with Gasteiger partial charge in [0.1, 0.15) is 0 Å². The van der Waals surface area contributed by atoms with E-state index in [-0.39, 0.29) is 17.6 Å². The topological polar surface area (TPSA) is 85.4 Å². The molecule has 1 amide bonds. The predicted octanol–water partition coefficient (Wildman–Crippen LogP) is 2.38. The number of ether oxygens (including phenoxy) is 2. The first-order valence-electron chi connectivity index (χ1n) is 7.17. The summed E-state index contributed by atoms with van der Waals surface area (Å²) in [5.74, 6) is 1.53. The molecule has 0 aliphatic carbocycles. The second kappa shape index (κ2) is 7.44. The molecular formula is C16H20N4O3. The molecule has 122 valence electrons. The minimum atomic E-state index is -0.245. The fourth-order valence-electron chi connectivity index (χ4n) is 1.92. The molecule has 0 fully saturated rings. The Bertz CT molecular complexity index is 672. The van der Waals surface area contributed by atoms with E-state index in [9.17, 15) is 4.79 Å². The second-order valence-electron chi connectivity index (χ2n) is 5.13. The van der Waals surface area contributed by atoms with Gasteiger partial charge in [0.2, 0.25) is 0 Å². The third-order valence-corrected chi connectivity index (χ3v) is 2.97. The minimum absolute atomic E-state index is 0.0499. The summed E-state index contributed by atoms with van der Waals surface area (Å²) in [6, 6.07) is 8.78. The zero-order valence-electron chi connectivity index (χ0n) is 13.6. The van der Waals surface area contributed by atoms with E-state index in [2.05, 4.69) is 20.8 Å². The van der Waals surface area contributed by atoms with E-state index in [0.717, 1.165) is 5.69 Å². The first kappa shape index (κ1) is 16.5. The van der Waals surface area contributed by atoms with Gasteiger partial charge in [-0.25, -0.2) is 0 Å². The third kappa shape index (κ3) is 4.32. The van der Waals surface area contributed by atoms with Crippen LogP contribution in [0.2, 0.25) is 0 Å². The van der Waals surface area contributed by atoms with Gasteiger partial charge in [0, 0.05) is 17.8 Å². The standard InChI is InChI=1S/C16H20N4O3/c1-10(2)17-16(21)12-6-8-15(20-19-12)18-11-5-7-13(22-3)14(9-11)23-4/h5-10H,1-4H3,(H,17,21)(H,18,20). The van der Waals surface area contributed by atoms with Crippen LogP contribution in [0.3, 0.4) is 0 Å². The zero-order valence-corrected chi connectivity index (χ0v) is 13.6. The zero-order chi connectivity index (χ0) is 16.8. The maximum atomic E-state index is 11.8. The molecule has 0 aliphatic heterocycles. The number of anilines is 2. The van der Waals surface area contributed by atoms with E-state index < -0.39 is 0 Å². The molecule has 0 radical (unpaired) electrons. The van der Waals surface area contributed by atoms with Crippen LogP contribution in [0.1, 0.15) is 24.3 Å². The van der Waals surface area contributed by atoms with Crippen LogP contribution in [0, 0.1) is 0 Å². The van der Waals surface area contributed by atoms with Crippen LogP contribution < -0.4 is 20.1 Å². The first-order chi connectivity index (χ1) is 11.0. The summed E-state index contributed by atoms with van der Waals surface area (Å²) in [5, 5.41) is 13.8. The number of rotatable bonds is 6. The van der Waals surface area contributed by atoms with Gasteiger partial charge in [0.05, 0.1) is 14.2 Å². The quantitative estimate of drug-likeness (QED) is 0.851. The van der Waals surface area contributed by atoms with Crippen molar-refractivity contribution in [3.63, 3.8) is 0 Å². The lowest BCUT2D eigenvalue weighted by molar-refractivity contribution is 0.0937. The molecule has 0 saturated heterocycles. The number of hydrogen-bond acceptors (Lipinski definition) is 6. The van der Waals surface area contributed by atoms with Crippen LogP contribution in [0.25, 0.3) is 0 Å². The molecule has 1 aromatic heterocycles. The normalized spacial score (nSPS) is 10.3. The Kier molecular flexibility index (Phi) is 5.35. The molecular weight excluding hydrogens is 296 g/mol. The lowest BCUT2D eigenvalue weighted by atomic mass is 10.2. The molecule has 1 heterocycles. The van der Waals surface area contributed by atoms with E-state index in [4.69, 9.17) is 9.47 Å². The van der Waals surface area contributed by atoms with Crippen LogP contribution in [-0.2, 0) is 0 Å². The Morgan fingerprint density at radius 1 is 1.04 bits per heavy atom. The highest BCUT2D eigenvalue weighted by molar-refractivity contribution is 5.92. The van der Waals surface area contributed by atoms with Gasteiger partial charge in [0.15, 0.2) is 23.0 Å². The van der Waals surface area contributed by atoms with Crippen molar-refractivity contribution >= 4 is 17.4 Å². The Morgan fingerprint density at radius 2 is 1.78 bits per heavy atom. The van der Waals surface area contributed by atoms with Crippen molar-refractivity contribution in [2.45, 2.75) is 19.9 Å². The summed E-state index contributed by atoms with van der Waals surface area (Å²) in [6.07, 6.45) is 0. The average Bonchev–Trinajstić information content (AvgIpc) is 2.54. The van der Waals surface area contributed by atoms with E-state index in [1.165, 1.54) is 0 Å². The molecule has 7 nitrogen and oxygen atoms in total. The Hall–Kier alpha value is -2.83. The Balaban J connectivity index is 2.10. The number of carbonyl (C=O) groups excluding carboxylic acids is 1. The smallest absolute Gasteiger partial charge is 0.271 e. The highest BCUT2D eigenvalue weighted by atomic mass is 16.5. The molecule has 0 aliphatic rings. The summed E-state index contributed by atoms with van der Waals surface area (Å²) in [6.45, 7) is 3.77. The number of methoxy groups -OCH3 is 2. The molecule has 2 aromatic rings. The number of nitrogens with zero attached hydrogens (tertiary/aromatic N) is 2. The highest BCUT2D eigenvalue weighted by Gasteiger charge is 2.10. The molecule has 23 heavy (non-hydrogen) atoms. The second-order valence-corrected chi connectivity index (χ2v) is 5.13. The maximum Gasteiger partial charge on any atom is 0.271 e. The van der Waals surface area contributed by atoms with Crippen molar-refractivity contribution in [2.24, 2.45) is 0 Å². The van der Waals surface area contributed by atoms with Crippen LogP contribution in [-0.4, -0.2) is 36.4 Å². The fraction of sp³-hybridized carbons (Fsp3) is 0.312. The van der Waals surface area contributed by atoms with Crippen molar-refractivity contribution in [3.8, 4) is 11.5 Å². The molecule has 0 spiro atoms. The summed E-state index contributed by atoms with van der Waals surface area (Å²) in [5.41, 5.74) is 1.05. The lowest BCUT2D eigenvalue weighted by Crippen LogP contribution is -2.30. The number of carbonyl (C=O) groups is 1. The van der Waals surface area contributed by atoms with Crippen molar-refractivity contribution in [2.75, 3.05) is 19.5 Å². The van der Waals surface area contributed by atoms with Gasteiger partial charge >= 0.3 is 0 Å². The largest absolute Gasteiger partial charge is 0.493 e. The van der Waals surface area contributed by atoms with Crippen molar-refractivity contribution in [3.05, 3.63) is 36.0 Å². The van der Waals surface area contributed by atoms with E-state index in [1.54, 1.807) is 38.5 Å². The number of aromatic nitrogens is 2. The number of nitrogens with one attached hydrogen (secondary N) is 2. The van der Waals surface area contributed by atoms with E-state index in [0.29, 0.717) is 17.3 Å². The number of hydrogen-bond donors (Lipinski definition) is 2. The van der Waals surface area contributed by atoms with Crippen molar-refractivity contribution in [1.29, 1.82) is 0 Å². The molecule has 0 saturated carbocycles. The molecule has 0 atom stereocenters. The summed E-state index contributed by atoms with van der Waals surface area (Å²) >= 11 is 0. The van der Waals surface area contributed by atoms with Gasteiger partial charge in [0.25, 0.3) is 5.91 Å². The van der Waals surface area contributed by atoms with Crippen LogP contribution in [0.4, 0.5) is 11.5 Å². The van der Waals surface area contributed by atoms with E-state index in [1.807, 2.05) is 19.9 Å². The van der Waals surface area contributed by atoms with Gasteiger partial charge in [-0.1, -0.05) is 0 Å². The van der Waals surface area contributed by atoms with Gasteiger partial charge < -0.3 is 20.1 Å². The number of amides is 1. The van der Waals surface area contributed by atoms with Crippen LogP contribution in [0.15, 0.2) is 30.3 Å². The molecule has 2 N–H and O–H groups in total. The SMILES string of the molecule is COc1ccc(Nc2ccc(C(=O)NC(C)C)nn2)cc1OC. The molecule has 2 rings (SSSR count). The van der Waals surface area contributed by atoms with Gasteiger partial charge in [-0.05, 0) is 38.1 Å².